The summed E-state index contributed by atoms with van der Waals surface area (Å²) in [5.74, 6) is 0.850. The van der Waals surface area contributed by atoms with Gasteiger partial charge in [-0.15, -0.1) is 0 Å². The van der Waals surface area contributed by atoms with Crippen molar-refractivity contribution in [2.75, 3.05) is 0 Å². The first-order chi connectivity index (χ1) is 9.24. The van der Waals surface area contributed by atoms with E-state index in [0.717, 1.165) is 11.1 Å². The first-order valence-corrected chi connectivity index (χ1v) is 6.51. The van der Waals surface area contributed by atoms with Crippen LogP contribution in [0.15, 0.2) is 63.6 Å². The van der Waals surface area contributed by atoms with Gasteiger partial charge in [-0.3, -0.25) is 0 Å². The second kappa shape index (κ2) is 4.97. The number of benzene rings is 2. The SMILES string of the molecule is Fc1ccc(-c2nc(Br)c(-c3ccccc3)o2)cc1. The molecule has 0 amide bonds. The number of rotatable bonds is 2. The molecule has 0 radical (unpaired) electrons. The highest BCUT2D eigenvalue weighted by atomic mass is 79.9. The molecule has 0 N–H and O–H groups in total. The molecule has 1 aromatic heterocycles. The van der Waals surface area contributed by atoms with Gasteiger partial charge in [0.2, 0.25) is 5.89 Å². The molecule has 0 atom stereocenters. The van der Waals surface area contributed by atoms with Gasteiger partial charge in [-0.05, 0) is 40.2 Å². The van der Waals surface area contributed by atoms with Crippen LogP contribution in [0.4, 0.5) is 4.39 Å². The van der Waals surface area contributed by atoms with E-state index in [-0.39, 0.29) is 5.82 Å². The van der Waals surface area contributed by atoms with Crippen molar-refractivity contribution in [3.63, 3.8) is 0 Å². The second-order valence-corrected chi connectivity index (χ2v) is 4.76. The van der Waals surface area contributed by atoms with Crippen LogP contribution in [0.5, 0.6) is 0 Å². The quantitative estimate of drug-likeness (QED) is 0.671. The standard InChI is InChI=1S/C15H9BrFNO/c16-14-13(10-4-2-1-3-5-10)19-15(18-14)11-6-8-12(17)9-7-11/h1-9H. The third-order valence-electron chi connectivity index (χ3n) is 2.71. The Morgan fingerprint density at radius 3 is 2.26 bits per heavy atom. The summed E-state index contributed by atoms with van der Waals surface area (Å²) in [5, 5.41) is 0. The van der Waals surface area contributed by atoms with E-state index in [0.29, 0.717) is 16.3 Å². The largest absolute Gasteiger partial charge is 0.435 e. The molecule has 0 aliphatic carbocycles. The summed E-state index contributed by atoms with van der Waals surface area (Å²) in [7, 11) is 0. The highest BCUT2D eigenvalue weighted by Crippen LogP contribution is 2.32. The number of oxazole rings is 1. The maximum atomic E-state index is 12.9. The third-order valence-corrected chi connectivity index (χ3v) is 3.25. The Balaban J connectivity index is 2.04. The van der Waals surface area contributed by atoms with E-state index >= 15 is 0 Å². The molecule has 0 fully saturated rings. The molecule has 3 rings (SSSR count). The maximum absolute atomic E-state index is 12.9. The van der Waals surface area contributed by atoms with Gasteiger partial charge in [-0.2, -0.15) is 0 Å². The first kappa shape index (κ1) is 12.1. The van der Waals surface area contributed by atoms with Crippen molar-refractivity contribution in [2.45, 2.75) is 0 Å². The van der Waals surface area contributed by atoms with Crippen LogP contribution in [-0.4, -0.2) is 4.98 Å². The van der Waals surface area contributed by atoms with E-state index < -0.39 is 0 Å². The highest BCUT2D eigenvalue weighted by Gasteiger charge is 2.14. The van der Waals surface area contributed by atoms with Gasteiger partial charge < -0.3 is 4.42 Å². The molecule has 0 saturated heterocycles. The molecule has 94 valence electrons. The summed E-state index contributed by atoms with van der Waals surface area (Å²) in [6, 6.07) is 15.7. The van der Waals surface area contributed by atoms with Crippen molar-refractivity contribution in [2.24, 2.45) is 0 Å². The Bertz CT molecular complexity index is 692. The third kappa shape index (κ3) is 2.44. The Morgan fingerprint density at radius 1 is 0.895 bits per heavy atom. The average Bonchev–Trinajstić information content (AvgIpc) is 2.83. The fraction of sp³-hybridized carbons (Fsp3) is 0. The minimum atomic E-state index is -0.280. The van der Waals surface area contributed by atoms with E-state index in [4.69, 9.17) is 4.42 Å². The summed E-state index contributed by atoms with van der Waals surface area (Å²) < 4.78 is 19.3. The Morgan fingerprint density at radius 2 is 1.58 bits per heavy atom. The zero-order valence-corrected chi connectivity index (χ0v) is 11.4. The number of hydrogen-bond donors (Lipinski definition) is 0. The summed E-state index contributed by atoms with van der Waals surface area (Å²) in [4.78, 5) is 4.31. The van der Waals surface area contributed by atoms with Crippen LogP contribution in [0.3, 0.4) is 0 Å². The zero-order chi connectivity index (χ0) is 13.2. The van der Waals surface area contributed by atoms with Gasteiger partial charge in [-0.25, -0.2) is 9.37 Å². The molecular weight excluding hydrogens is 309 g/mol. The molecule has 2 nitrogen and oxygen atoms in total. The maximum Gasteiger partial charge on any atom is 0.227 e. The minimum Gasteiger partial charge on any atom is -0.435 e. The summed E-state index contributed by atoms with van der Waals surface area (Å²) >= 11 is 3.39. The Hall–Kier alpha value is -1.94. The van der Waals surface area contributed by atoms with Gasteiger partial charge in [0.15, 0.2) is 10.4 Å². The lowest BCUT2D eigenvalue weighted by Crippen LogP contribution is -1.77. The highest BCUT2D eigenvalue weighted by molar-refractivity contribution is 9.10. The lowest BCUT2D eigenvalue weighted by Gasteiger charge is -1.96. The Kier molecular flexibility index (Phi) is 3.17. The summed E-state index contributed by atoms with van der Waals surface area (Å²) in [6.45, 7) is 0. The van der Waals surface area contributed by atoms with Gasteiger partial charge in [0.25, 0.3) is 0 Å². The van der Waals surface area contributed by atoms with Crippen molar-refractivity contribution in [1.82, 2.24) is 4.98 Å². The number of aromatic nitrogens is 1. The summed E-state index contributed by atoms with van der Waals surface area (Å²) in [5.41, 5.74) is 1.68. The molecule has 2 aromatic carbocycles. The Labute approximate surface area is 118 Å². The lowest BCUT2D eigenvalue weighted by atomic mass is 10.2. The predicted molar refractivity (Wildman–Crippen MR) is 75.0 cm³/mol. The van der Waals surface area contributed by atoms with E-state index in [2.05, 4.69) is 20.9 Å². The van der Waals surface area contributed by atoms with E-state index in [1.54, 1.807) is 12.1 Å². The predicted octanol–water partition coefficient (Wildman–Crippen LogP) is 4.91. The van der Waals surface area contributed by atoms with Crippen molar-refractivity contribution in [3.8, 4) is 22.8 Å². The van der Waals surface area contributed by atoms with Crippen LogP contribution in [0.2, 0.25) is 0 Å². The minimum absolute atomic E-state index is 0.280. The fourth-order valence-electron chi connectivity index (χ4n) is 1.79. The molecule has 0 unspecified atom stereocenters. The lowest BCUT2D eigenvalue weighted by molar-refractivity contribution is 0.587. The van der Waals surface area contributed by atoms with Crippen LogP contribution in [0, 0.1) is 5.82 Å². The van der Waals surface area contributed by atoms with Gasteiger partial charge in [0.1, 0.15) is 5.82 Å². The molecule has 3 aromatic rings. The van der Waals surface area contributed by atoms with Crippen LogP contribution >= 0.6 is 15.9 Å². The average molecular weight is 318 g/mol. The first-order valence-electron chi connectivity index (χ1n) is 5.72. The van der Waals surface area contributed by atoms with Crippen molar-refractivity contribution in [3.05, 3.63) is 65.0 Å². The molecule has 0 aliphatic rings. The van der Waals surface area contributed by atoms with Crippen LogP contribution in [0.1, 0.15) is 0 Å². The van der Waals surface area contributed by atoms with Crippen LogP contribution in [0.25, 0.3) is 22.8 Å². The molecule has 0 bridgehead atoms. The fourth-order valence-corrected chi connectivity index (χ4v) is 2.26. The number of hydrogen-bond acceptors (Lipinski definition) is 2. The van der Waals surface area contributed by atoms with Crippen LogP contribution < -0.4 is 0 Å². The molecule has 4 heteroatoms. The topological polar surface area (TPSA) is 26.0 Å². The van der Waals surface area contributed by atoms with Crippen molar-refractivity contribution in [1.29, 1.82) is 0 Å². The second-order valence-electron chi connectivity index (χ2n) is 4.01. The van der Waals surface area contributed by atoms with Crippen LogP contribution in [-0.2, 0) is 0 Å². The molecule has 0 aliphatic heterocycles. The van der Waals surface area contributed by atoms with E-state index in [1.807, 2.05) is 30.3 Å². The van der Waals surface area contributed by atoms with Gasteiger partial charge >= 0.3 is 0 Å². The monoisotopic (exact) mass is 317 g/mol. The van der Waals surface area contributed by atoms with Crippen molar-refractivity contribution < 1.29 is 8.81 Å². The van der Waals surface area contributed by atoms with E-state index in [1.165, 1.54) is 12.1 Å². The molecular formula is C15H9BrFNO. The normalized spacial score (nSPS) is 10.6. The molecule has 19 heavy (non-hydrogen) atoms. The number of nitrogens with zero attached hydrogens (tertiary/aromatic N) is 1. The van der Waals surface area contributed by atoms with E-state index in [9.17, 15) is 4.39 Å². The van der Waals surface area contributed by atoms with Gasteiger partial charge in [-0.1, -0.05) is 30.3 Å². The molecule has 0 saturated carbocycles. The summed E-state index contributed by atoms with van der Waals surface area (Å²) in [6.07, 6.45) is 0. The van der Waals surface area contributed by atoms with Gasteiger partial charge in [0, 0.05) is 11.1 Å². The molecule has 1 heterocycles. The number of halogens is 2. The van der Waals surface area contributed by atoms with Crippen molar-refractivity contribution >= 4 is 15.9 Å². The smallest absolute Gasteiger partial charge is 0.227 e. The van der Waals surface area contributed by atoms with Gasteiger partial charge in [0.05, 0.1) is 0 Å². The zero-order valence-electron chi connectivity index (χ0n) is 9.81. The molecule has 0 spiro atoms.